The van der Waals surface area contributed by atoms with Crippen LogP contribution in [0.4, 0.5) is 0 Å². The summed E-state index contributed by atoms with van der Waals surface area (Å²) in [5.41, 5.74) is 1.30. The maximum Gasteiger partial charge on any atom is 0.251 e. The zero-order chi connectivity index (χ0) is 17.7. The fraction of sp³-hybridized carbons (Fsp3) is 0.368. The SMILES string of the molecule is COc1cccnc1-c1ccc(C(=O)NC[C@]2(O)CCCNC2)cc1. The summed E-state index contributed by atoms with van der Waals surface area (Å²) in [5, 5.41) is 16.4. The number of amides is 1. The van der Waals surface area contributed by atoms with Gasteiger partial charge in [0, 0.05) is 30.4 Å². The number of pyridine rings is 1. The van der Waals surface area contributed by atoms with E-state index in [0.29, 0.717) is 24.3 Å². The van der Waals surface area contributed by atoms with Gasteiger partial charge < -0.3 is 20.5 Å². The number of β-amino-alcohol motifs (C(OH)–C–C–N with tert-alkyl or cyclic N) is 1. The van der Waals surface area contributed by atoms with Gasteiger partial charge in [0.2, 0.25) is 0 Å². The molecule has 2 heterocycles. The van der Waals surface area contributed by atoms with Crippen molar-refractivity contribution in [2.24, 2.45) is 0 Å². The van der Waals surface area contributed by atoms with Crippen LogP contribution in [0.25, 0.3) is 11.3 Å². The highest BCUT2D eigenvalue weighted by Gasteiger charge is 2.29. The second kappa shape index (κ2) is 7.63. The highest BCUT2D eigenvalue weighted by atomic mass is 16.5. The standard InChI is InChI=1S/C19H23N3O3/c1-25-16-4-2-11-21-17(16)14-5-7-15(8-6-14)18(23)22-13-19(24)9-3-10-20-12-19/h2,4-8,11,20,24H,3,9-10,12-13H2,1H3,(H,22,23)/t19-/m0/s1. The highest BCUT2D eigenvalue weighted by Crippen LogP contribution is 2.27. The van der Waals surface area contributed by atoms with Gasteiger partial charge in [0.15, 0.2) is 0 Å². The number of hydrogen-bond acceptors (Lipinski definition) is 5. The molecule has 3 N–H and O–H groups in total. The predicted octanol–water partition coefficient (Wildman–Crippen LogP) is 1.60. The first-order valence-corrected chi connectivity index (χ1v) is 8.42. The van der Waals surface area contributed by atoms with Gasteiger partial charge in [-0.3, -0.25) is 9.78 Å². The van der Waals surface area contributed by atoms with E-state index >= 15 is 0 Å². The lowest BCUT2D eigenvalue weighted by Gasteiger charge is -2.32. The van der Waals surface area contributed by atoms with Crippen LogP contribution in [0.1, 0.15) is 23.2 Å². The van der Waals surface area contributed by atoms with Crippen molar-refractivity contribution in [3.63, 3.8) is 0 Å². The Morgan fingerprint density at radius 2 is 2.16 bits per heavy atom. The predicted molar refractivity (Wildman–Crippen MR) is 95.6 cm³/mol. The number of hydrogen-bond donors (Lipinski definition) is 3. The molecule has 3 rings (SSSR count). The fourth-order valence-electron chi connectivity index (χ4n) is 3.00. The first-order chi connectivity index (χ1) is 12.1. The minimum absolute atomic E-state index is 0.196. The molecule has 0 saturated carbocycles. The molecule has 1 aliphatic heterocycles. The number of piperidine rings is 1. The van der Waals surface area contributed by atoms with Crippen molar-refractivity contribution in [2.75, 3.05) is 26.7 Å². The summed E-state index contributed by atoms with van der Waals surface area (Å²) in [5.74, 6) is 0.491. The summed E-state index contributed by atoms with van der Waals surface area (Å²) in [7, 11) is 1.60. The first kappa shape index (κ1) is 17.4. The van der Waals surface area contributed by atoms with E-state index < -0.39 is 5.60 Å². The summed E-state index contributed by atoms with van der Waals surface area (Å²) in [6, 6.07) is 10.9. The Labute approximate surface area is 147 Å². The van der Waals surface area contributed by atoms with Gasteiger partial charge in [-0.25, -0.2) is 0 Å². The number of carbonyl (C=O) groups excluding carboxylic acids is 1. The molecule has 1 atom stereocenters. The zero-order valence-electron chi connectivity index (χ0n) is 14.3. The largest absolute Gasteiger partial charge is 0.494 e. The Hall–Kier alpha value is -2.44. The molecule has 132 valence electrons. The average molecular weight is 341 g/mol. The van der Waals surface area contributed by atoms with E-state index in [-0.39, 0.29) is 12.5 Å². The number of nitrogens with one attached hydrogen (secondary N) is 2. The van der Waals surface area contributed by atoms with E-state index in [2.05, 4.69) is 15.6 Å². The van der Waals surface area contributed by atoms with E-state index in [1.807, 2.05) is 24.3 Å². The number of methoxy groups -OCH3 is 1. The molecule has 25 heavy (non-hydrogen) atoms. The minimum Gasteiger partial charge on any atom is -0.494 e. The molecule has 6 heteroatoms. The number of aliphatic hydroxyl groups is 1. The monoisotopic (exact) mass is 341 g/mol. The highest BCUT2D eigenvalue weighted by molar-refractivity contribution is 5.94. The number of nitrogens with zero attached hydrogens (tertiary/aromatic N) is 1. The van der Waals surface area contributed by atoms with E-state index in [1.54, 1.807) is 25.4 Å². The molecule has 6 nitrogen and oxygen atoms in total. The Bertz CT molecular complexity index is 725. The Morgan fingerprint density at radius 3 is 2.84 bits per heavy atom. The minimum atomic E-state index is -0.866. The van der Waals surface area contributed by atoms with Crippen molar-refractivity contribution in [1.82, 2.24) is 15.6 Å². The van der Waals surface area contributed by atoms with Gasteiger partial charge >= 0.3 is 0 Å². The number of benzene rings is 1. The van der Waals surface area contributed by atoms with E-state index in [9.17, 15) is 9.90 Å². The van der Waals surface area contributed by atoms with Crippen molar-refractivity contribution in [3.8, 4) is 17.0 Å². The van der Waals surface area contributed by atoms with Crippen LogP contribution >= 0.6 is 0 Å². The summed E-state index contributed by atoms with van der Waals surface area (Å²) >= 11 is 0. The molecule has 1 aromatic heterocycles. The molecule has 1 aliphatic rings. The summed E-state index contributed by atoms with van der Waals surface area (Å²) in [4.78, 5) is 16.7. The number of carbonyl (C=O) groups is 1. The summed E-state index contributed by atoms with van der Waals surface area (Å²) in [6.07, 6.45) is 3.31. The summed E-state index contributed by atoms with van der Waals surface area (Å²) in [6.45, 7) is 1.66. The quantitative estimate of drug-likeness (QED) is 0.769. The number of aromatic nitrogens is 1. The van der Waals surface area contributed by atoms with E-state index in [0.717, 1.165) is 24.2 Å². The van der Waals surface area contributed by atoms with Gasteiger partial charge in [0.1, 0.15) is 11.4 Å². The third-order valence-corrected chi connectivity index (χ3v) is 4.44. The molecular formula is C19H23N3O3. The van der Waals surface area contributed by atoms with Crippen molar-refractivity contribution < 1.29 is 14.6 Å². The van der Waals surface area contributed by atoms with Crippen LogP contribution in [0, 0.1) is 0 Å². The van der Waals surface area contributed by atoms with E-state index in [1.165, 1.54) is 0 Å². The third kappa shape index (κ3) is 4.15. The molecule has 0 radical (unpaired) electrons. The van der Waals surface area contributed by atoms with Crippen molar-refractivity contribution >= 4 is 5.91 Å². The second-order valence-electron chi connectivity index (χ2n) is 6.32. The Morgan fingerprint density at radius 1 is 1.36 bits per heavy atom. The van der Waals surface area contributed by atoms with Gasteiger partial charge in [-0.2, -0.15) is 0 Å². The van der Waals surface area contributed by atoms with Gasteiger partial charge in [0.25, 0.3) is 5.91 Å². The van der Waals surface area contributed by atoms with Crippen LogP contribution in [0.5, 0.6) is 5.75 Å². The molecular weight excluding hydrogens is 318 g/mol. The lowest BCUT2D eigenvalue weighted by molar-refractivity contribution is 0.0170. The maximum atomic E-state index is 12.3. The smallest absolute Gasteiger partial charge is 0.251 e. The summed E-state index contributed by atoms with van der Waals surface area (Å²) < 4.78 is 5.32. The first-order valence-electron chi connectivity index (χ1n) is 8.42. The lowest BCUT2D eigenvalue weighted by atomic mass is 9.94. The zero-order valence-corrected chi connectivity index (χ0v) is 14.3. The molecule has 0 unspecified atom stereocenters. The van der Waals surface area contributed by atoms with E-state index in [4.69, 9.17) is 4.74 Å². The molecule has 0 aliphatic carbocycles. The van der Waals surface area contributed by atoms with Crippen molar-refractivity contribution in [1.29, 1.82) is 0 Å². The van der Waals surface area contributed by atoms with Crippen LogP contribution in [-0.4, -0.2) is 48.3 Å². The van der Waals surface area contributed by atoms with Gasteiger partial charge in [0.05, 0.1) is 12.7 Å². The lowest BCUT2D eigenvalue weighted by Crippen LogP contribution is -2.52. The molecule has 1 aromatic carbocycles. The van der Waals surface area contributed by atoms with Crippen LogP contribution in [0.2, 0.25) is 0 Å². The van der Waals surface area contributed by atoms with Crippen LogP contribution in [0.15, 0.2) is 42.6 Å². The molecule has 1 saturated heterocycles. The normalized spacial score (nSPS) is 20.1. The molecule has 0 bridgehead atoms. The number of ether oxygens (including phenoxy) is 1. The van der Waals surface area contributed by atoms with Crippen molar-refractivity contribution in [2.45, 2.75) is 18.4 Å². The van der Waals surface area contributed by atoms with Gasteiger partial charge in [-0.15, -0.1) is 0 Å². The number of rotatable bonds is 5. The molecule has 1 fully saturated rings. The average Bonchev–Trinajstić information content (AvgIpc) is 2.67. The fourth-order valence-corrected chi connectivity index (χ4v) is 3.00. The molecule has 0 spiro atoms. The second-order valence-corrected chi connectivity index (χ2v) is 6.32. The van der Waals surface area contributed by atoms with Crippen LogP contribution < -0.4 is 15.4 Å². The van der Waals surface area contributed by atoms with Crippen LogP contribution in [0.3, 0.4) is 0 Å². The third-order valence-electron chi connectivity index (χ3n) is 4.44. The Balaban J connectivity index is 1.66. The molecule has 1 amide bonds. The molecule has 2 aromatic rings. The van der Waals surface area contributed by atoms with Crippen molar-refractivity contribution in [3.05, 3.63) is 48.2 Å². The van der Waals surface area contributed by atoms with Gasteiger partial charge in [-0.05, 0) is 43.7 Å². The Kier molecular flexibility index (Phi) is 5.31. The van der Waals surface area contributed by atoms with Gasteiger partial charge in [-0.1, -0.05) is 12.1 Å². The van der Waals surface area contributed by atoms with Crippen LogP contribution in [-0.2, 0) is 0 Å². The maximum absolute atomic E-state index is 12.3. The topological polar surface area (TPSA) is 83.5 Å².